The zero-order chi connectivity index (χ0) is 21.5. The van der Waals surface area contributed by atoms with Gasteiger partial charge in [0.15, 0.2) is 5.11 Å². The Morgan fingerprint density at radius 1 is 1.20 bits per heavy atom. The summed E-state index contributed by atoms with van der Waals surface area (Å²) in [5, 5.41) is 7.02. The second-order valence-electron chi connectivity index (χ2n) is 7.21. The Balaban J connectivity index is 1.61. The van der Waals surface area contributed by atoms with Crippen LogP contribution in [0.3, 0.4) is 0 Å². The fourth-order valence-electron chi connectivity index (χ4n) is 3.43. The summed E-state index contributed by atoms with van der Waals surface area (Å²) in [4.78, 5) is 14.4. The SMILES string of the molecule is CCOC(=O)c1cccc(NC(=S)N[C@@H](C)c2ccc(N3CCOCC3)cc2)c1C. The molecule has 0 spiro atoms. The highest BCUT2D eigenvalue weighted by molar-refractivity contribution is 7.80. The molecule has 1 aliphatic heterocycles. The fourth-order valence-corrected chi connectivity index (χ4v) is 3.72. The van der Waals surface area contributed by atoms with E-state index >= 15 is 0 Å². The molecule has 0 unspecified atom stereocenters. The van der Waals surface area contributed by atoms with Crippen LogP contribution in [-0.4, -0.2) is 44.0 Å². The minimum Gasteiger partial charge on any atom is -0.462 e. The van der Waals surface area contributed by atoms with Crippen molar-refractivity contribution >= 4 is 34.7 Å². The first kappa shape index (κ1) is 22.1. The number of nitrogens with zero attached hydrogens (tertiary/aromatic N) is 1. The molecule has 1 saturated heterocycles. The van der Waals surface area contributed by atoms with Gasteiger partial charge in [0.1, 0.15) is 0 Å². The van der Waals surface area contributed by atoms with Gasteiger partial charge in [0, 0.05) is 24.5 Å². The number of esters is 1. The summed E-state index contributed by atoms with van der Waals surface area (Å²) < 4.78 is 10.5. The van der Waals surface area contributed by atoms with Gasteiger partial charge in [-0.2, -0.15) is 0 Å². The zero-order valence-electron chi connectivity index (χ0n) is 17.7. The van der Waals surface area contributed by atoms with E-state index in [0.29, 0.717) is 17.3 Å². The fraction of sp³-hybridized carbons (Fsp3) is 0.391. The van der Waals surface area contributed by atoms with E-state index in [2.05, 4.69) is 46.7 Å². The number of hydrogen-bond acceptors (Lipinski definition) is 5. The number of ether oxygens (including phenoxy) is 2. The molecule has 7 heteroatoms. The number of rotatable bonds is 6. The molecule has 0 aliphatic carbocycles. The van der Waals surface area contributed by atoms with Crippen molar-refractivity contribution in [3.8, 4) is 0 Å². The highest BCUT2D eigenvalue weighted by Crippen LogP contribution is 2.22. The minimum atomic E-state index is -0.328. The van der Waals surface area contributed by atoms with Crippen LogP contribution in [0, 0.1) is 6.92 Å². The topological polar surface area (TPSA) is 62.8 Å². The first-order valence-electron chi connectivity index (χ1n) is 10.3. The Morgan fingerprint density at radius 2 is 1.90 bits per heavy atom. The van der Waals surface area contributed by atoms with Crippen LogP contribution in [0.5, 0.6) is 0 Å². The molecule has 0 amide bonds. The monoisotopic (exact) mass is 427 g/mol. The molecule has 0 aromatic heterocycles. The highest BCUT2D eigenvalue weighted by atomic mass is 32.1. The number of carbonyl (C=O) groups excluding carboxylic acids is 1. The second-order valence-corrected chi connectivity index (χ2v) is 7.62. The van der Waals surface area contributed by atoms with Crippen LogP contribution in [0.1, 0.15) is 41.4 Å². The number of anilines is 2. The number of nitrogens with one attached hydrogen (secondary N) is 2. The van der Waals surface area contributed by atoms with E-state index in [1.165, 1.54) is 5.69 Å². The molecular weight excluding hydrogens is 398 g/mol. The smallest absolute Gasteiger partial charge is 0.338 e. The summed E-state index contributed by atoms with van der Waals surface area (Å²) in [6.07, 6.45) is 0. The van der Waals surface area contributed by atoms with Gasteiger partial charge < -0.3 is 25.0 Å². The van der Waals surface area contributed by atoms with Crippen molar-refractivity contribution < 1.29 is 14.3 Å². The molecule has 30 heavy (non-hydrogen) atoms. The van der Waals surface area contributed by atoms with Crippen LogP contribution >= 0.6 is 12.2 Å². The molecule has 3 rings (SSSR count). The van der Waals surface area contributed by atoms with Gasteiger partial charge >= 0.3 is 5.97 Å². The zero-order valence-corrected chi connectivity index (χ0v) is 18.6. The van der Waals surface area contributed by atoms with E-state index in [1.54, 1.807) is 13.0 Å². The van der Waals surface area contributed by atoms with Crippen molar-refractivity contribution in [2.24, 2.45) is 0 Å². The number of morpholine rings is 1. The summed E-state index contributed by atoms with van der Waals surface area (Å²) in [6, 6.07) is 14.0. The minimum absolute atomic E-state index is 0.0392. The van der Waals surface area contributed by atoms with Crippen LogP contribution in [-0.2, 0) is 9.47 Å². The normalized spacial score (nSPS) is 14.7. The largest absolute Gasteiger partial charge is 0.462 e. The molecule has 0 bridgehead atoms. The van der Waals surface area contributed by atoms with E-state index < -0.39 is 0 Å². The molecule has 2 aromatic carbocycles. The molecule has 1 fully saturated rings. The molecule has 0 radical (unpaired) electrons. The van der Waals surface area contributed by atoms with Crippen molar-refractivity contribution in [3.63, 3.8) is 0 Å². The van der Waals surface area contributed by atoms with Gasteiger partial charge in [-0.25, -0.2) is 4.79 Å². The third-order valence-electron chi connectivity index (χ3n) is 5.19. The highest BCUT2D eigenvalue weighted by Gasteiger charge is 2.15. The second kappa shape index (κ2) is 10.4. The van der Waals surface area contributed by atoms with Crippen molar-refractivity contribution in [1.82, 2.24) is 5.32 Å². The van der Waals surface area contributed by atoms with E-state index in [-0.39, 0.29) is 12.0 Å². The van der Waals surface area contributed by atoms with Crippen molar-refractivity contribution in [1.29, 1.82) is 0 Å². The van der Waals surface area contributed by atoms with Crippen LogP contribution in [0.4, 0.5) is 11.4 Å². The lowest BCUT2D eigenvalue weighted by molar-refractivity contribution is 0.0525. The molecular formula is C23H29N3O3S. The lowest BCUT2D eigenvalue weighted by atomic mass is 10.1. The average Bonchev–Trinajstić information content (AvgIpc) is 2.76. The predicted molar refractivity (Wildman–Crippen MR) is 124 cm³/mol. The predicted octanol–water partition coefficient (Wildman–Crippen LogP) is 4.06. The van der Waals surface area contributed by atoms with Crippen LogP contribution in [0.25, 0.3) is 0 Å². The molecule has 2 N–H and O–H groups in total. The summed E-state index contributed by atoms with van der Waals surface area (Å²) >= 11 is 5.50. The Kier molecular flexibility index (Phi) is 7.65. The van der Waals surface area contributed by atoms with Gasteiger partial charge in [0.25, 0.3) is 0 Å². The first-order valence-corrected chi connectivity index (χ1v) is 10.7. The van der Waals surface area contributed by atoms with Gasteiger partial charge in [-0.15, -0.1) is 0 Å². The van der Waals surface area contributed by atoms with Crippen LogP contribution < -0.4 is 15.5 Å². The Hall–Kier alpha value is -2.64. The average molecular weight is 428 g/mol. The molecule has 0 saturated carbocycles. The summed E-state index contributed by atoms with van der Waals surface area (Å²) in [6.45, 7) is 9.48. The first-order chi connectivity index (χ1) is 14.5. The van der Waals surface area contributed by atoms with Gasteiger partial charge in [0.2, 0.25) is 0 Å². The van der Waals surface area contributed by atoms with Crippen LogP contribution in [0.2, 0.25) is 0 Å². The van der Waals surface area contributed by atoms with Gasteiger partial charge in [-0.1, -0.05) is 18.2 Å². The Morgan fingerprint density at radius 3 is 2.57 bits per heavy atom. The number of benzene rings is 2. The molecule has 160 valence electrons. The lowest BCUT2D eigenvalue weighted by Crippen LogP contribution is -2.36. The van der Waals surface area contributed by atoms with Crippen molar-refractivity contribution in [2.75, 3.05) is 43.1 Å². The van der Waals surface area contributed by atoms with E-state index in [1.807, 2.05) is 19.1 Å². The molecule has 2 aromatic rings. The molecule has 1 aliphatic rings. The maximum atomic E-state index is 12.1. The van der Waals surface area contributed by atoms with Crippen molar-refractivity contribution in [3.05, 3.63) is 59.2 Å². The van der Waals surface area contributed by atoms with Gasteiger partial charge in [-0.3, -0.25) is 0 Å². The van der Waals surface area contributed by atoms with Gasteiger partial charge in [-0.05, 0) is 68.4 Å². The maximum absolute atomic E-state index is 12.1. The molecule has 1 heterocycles. The number of carbonyl (C=O) groups is 1. The van der Waals surface area contributed by atoms with Gasteiger partial charge in [0.05, 0.1) is 31.4 Å². The quantitative estimate of drug-likeness (QED) is 0.532. The summed E-state index contributed by atoms with van der Waals surface area (Å²) in [7, 11) is 0. The Labute approximate surface area is 183 Å². The molecule has 1 atom stereocenters. The number of thiocarbonyl (C=S) groups is 1. The van der Waals surface area contributed by atoms with E-state index in [9.17, 15) is 4.79 Å². The summed E-state index contributed by atoms with van der Waals surface area (Å²) in [5.41, 5.74) is 4.49. The lowest BCUT2D eigenvalue weighted by Gasteiger charge is -2.29. The molecule has 6 nitrogen and oxygen atoms in total. The Bertz CT molecular complexity index is 880. The van der Waals surface area contributed by atoms with Crippen LogP contribution in [0.15, 0.2) is 42.5 Å². The van der Waals surface area contributed by atoms with E-state index in [0.717, 1.165) is 43.1 Å². The van der Waals surface area contributed by atoms with Crippen molar-refractivity contribution in [2.45, 2.75) is 26.8 Å². The maximum Gasteiger partial charge on any atom is 0.338 e. The summed E-state index contributed by atoms with van der Waals surface area (Å²) in [5.74, 6) is -0.328. The number of hydrogen-bond donors (Lipinski definition) is 2. The standard InChI is InChI=1S/C23H29N3O3S/c1-4-29-22(27)20-6-5-7-21(16(20)2)25-23(30)24-17(3)18-8-10-19(11-9-18)26-12-14-28-15-13-26/h5-11,17H,4,12-15H2,1-3H3,(H2,24,25,30)/t17-/m0/s1. The third kappa shape index (κ3) is 5.49. The third-order valence-corrected chi connectivity index (χ3v) is 5.41. The van der Waals surface area contributed by atoms with E-state index in [4.69, 9.17) is 21.7 Å².